The number of halogens is 1. The summed E-state index contributed by atoms with van der Waals surface area (Å²) in [5, 5.41) is 3.57. The Morgan fingerprint density at radius 2 is 1.57 bits per heavy atom. The van der Waals surface area contributed by atoms with Crippen LogP contribution in [0.2, 0.25) is 5.02 Å². The maximum absolute atomic E-state index is 12.6. The van der Waals surface area contributed by atoms with E-state index in [1.54, 1.807) is 24.3 Å². The molecule has 0 unspecified atom stereocenters. The first-order valence-electron chi connectivity index (χ1n) is 10.3. The molecule has 0 bridgehead atoms. The summed E-state index contributed by atoms with van der Waals surface area (Å²) in [5.74, 6) is 1.75. The molecule has 0 spiro atoms. The number of nitrogens with zero attached hydrogens (tertiary/aromatic N) is 6. The van der Waals surface area contributed by atoms with E-state index in [0.29, 0.717) is 31.2 Å². The number of benzene rings is 1. The number of aryl methyl sites for hydroxylation is 1. The minimum atomic E-state index is -0.0970. The molecule has 160 valence electrons. The first-order valence-corrected chi connectivity index (χ1v) is 10.7. The molecule has 0 aliphatic carbocycles. The van der Waals surface area contributed by atoms with Crippen molar-refractivity contribution in [2.45, 2.75) is 6.92 Å². The molecule has 3 heterocycles. The third-order valence-electron chi connectivity index (χ3n) is 5.60. The molecule has 2 aliphatic rings. The Morgan fingerprint density at radius 3 is 2.23 bits per heavy atom. The van der Waals surface area contributed by atoms with E-state index in [-0.39, 0.29) is 6.03 Å². The Hall–Kier alpha value is -2.58. The molecule has 1 N–H and O–H groups in total. The molecule has 2 aromatic rings. The van der Waals surface area contributed by atoms with Gasteiger partial charge in [0, 0.05) is 74.8 Å². The van der Waals surface area contributed by atoms with Crippen molar-refractivity contribution in [1.82, 2.24) is 19.8 Å². The van der Waals surface area contributed by atoms with E-state index in [2.05, 4.69) is 38.1 Å². The fourth-order valence-electron chi connectivity index (χ4n) is 3.72. The second-order valence-corrected chi connectivity index (χ2v) is 8.31. The number of piperazine rings is 2. The highest BCUT2D eigenvalue weighted by atomic mass is 35.5. The van der Waals surface area contributed by atoms with Gasteiger partial charge in [-0.05, 0) is 38.2 Å². The van der Waals surface area contributed by atoms with Crippen LogP contribution in [0.15, 0.2) is 30.3 Å². The second-order valence-electron chi connectivity index (χ2n) is 7.87. The standard InChI is InChI=1S/C21H28ClN7O/c1-16-15-19(27-9-7-26(2)8-10-27)25-20(23-16)28-11-13-29(14-12-28)21(30)24-18-5-3-17(22)4-6-18/h3-6,15H,7-14H2,1-2H3,(H,24,30). The van der Waals surface area contributed by atoms with E-state index >= 15 is 0 Å². The average molecular weight is 430 g/mol. The van der Waals surface area contributed by atoms with Gasteiger partial charge in [-0.25, -0.2) is 9.78 Å². The van der Waals surface area contributed by atoms with Crippen molar-refractivity contribution in [2.24, 2.45) is 0 Å². The molecular formula is C21H28ClN7O. The Labute approximate surface area is 182 Å². The number of rotatable bonds is 3. The third kappa shape index (κ3) is 4.94. The zero-order valence-corrected chi connectivity index (χ0v) is 18.3. The number of amides is 2. The average Bonchev–Trinajstić information content (AvgIpc) is 2.75. The normalized spacial score (nSPS) is 17.9. The quantitative estimate of drug-likeness (QED) is 0.808. The summed E-state index contributed by atoms with van der Waals surface area (Å²) in [5.41, 5.74) is 1.71. The van der Waals surface area contributed by atoms with Crippen molar-refractivity contribution in [3.8, 4) is 0 Å². The van der Waals surface area contributed by atoms with Crippen LogP contribution in [-0.2, 0) is 0 Å². The van der Waals surface area contributed by atoms with Crippen molar-refractivity contribution in [1.29, 1.82) is 0 Å². The predicted molar refractivity (Wildman–Crippen MR) is 121 cm³/mol. The number of likely N-dealkylation sites (N-methyl/N-ethyl adjacent to an activating group) is 1. The smallest absolute Gasteiger partial charge is 0.321 e. The van der Waals surface area contributed by atoms with Gasteiger partial charge in [0.2, 0.25) is 5.95 Å². The van der Waals surface area contributed by atoms with E-state index in [0.717, 1.165) is 49.3 Å². The van der Waals surface area contributed by atoms with Crippen LogP contribution in [0.1, 0.15) is 5.69 Å². The molecule has 0 saturated carbocycles. The lowest BCUT2D eigenvalue weighted by Crippen LogP contribution is -2.50. The molecule has 4 rings (SSSR count). The molecule has 2 fully saturated rings. The maximum Gasteiger partial charge on any atom is 0.321 e. The third-order valence-corrected chi connectivity index (χ3v) is 5.85. The van der Waals surface area contributed by atoms with Crippen LogP contribution in [0.25, 0.3) is 0 Å². The molecule has 2 aliphatic heterocycles. The van der Waals surface area contributed by atoms with Crippen molar-refractivity contribution >= 4 is 35.1 Å². The fraction of sp³-hybridized carbons (Fsp3) is 0.476. The number of anilines is 3. The van der Waals surface area contributed by atoms with Gasteiger partial charge in [0.1, 0.15) is 5.82 Å². The van der Waals surface area contributed by atoms with Crippen LogP contribution in [0.5, 0.6) is 0 Å². The first-order chi connectivity index (χ1) is 14.5. The lowest BCUT2D eigenvalue weighted by molar-refractivity contribution is 0.208. The summed E-state index contributed by atoms with van der Waals surface area (Å²) >= 11 is 5.90. The van der Waals surface area contributed by atoms with E-state index in [1.807, 2.05) is 11.8 Å². The van der Waals surface area contributed by atoms with Gasteiger partial charge in [0.25, 0.3) is 0 Å². The molecule has 2 saturated heterocycles. The minimum Gasteiger partial charge on any atom is -0.354 e. The molecule has 30 heavy (non-hydrogen) atoms. The van der Waals surface area contributed by atoms with Crippen LogP contribution in [0, 0.1) is 6.92 Å². The summed E-state index contributed by atoms with van der Waals surface area (Å²) in [6, 6.07) is 9.10. The van der Waals surface area contributed by atoms with Gasteiger partial charge in [0.15, 0.2) is 0 Å². The number of nitrogens with one attached hydrogen (secondary N) is 1. The number of hydrogen-bond acceptors (Lipinski definition) is 6. The van der Waals surface area contributed by atoms with Gasteiger partial charge in [-0.1, -0.05) is 11.6 Å². The largest absolute Gasteiger partial charge is 0.354 e. The van der Waals surface area contributed by atoms with Gasteiger partial charge in [-0.3, -0.25) is 0 Å². The lowest BCUT2D eigenvalue weighted by Gasteiger charge is -2.36. The number of urea groups is 1. The molecule has 0 radical (unpaired) electrons. The van der Waals surface area contributed by atoms with E-state index in [9.17, 15) is 4.79 Å². The van der Waals surface area contributed by atoms with Gasteiger partial charge in [-0.15, -0.1) is 0 Å². The molecular weight excluding hydrogens is 402 g/mol. The van der Waals surface area contributed by atoms with Crippen LogP contribution >= 0.6 is 11.6 Å². The van der Waals surface area contributed by atoms with Gasteiger partial charge in [-0.2, -0.15) is 4.98 Å². The van der Waals surface area contributed by atoms with Crippen LogP contribution in [-0.4, -0.2) is 85.2 Å². The molecule has 2 amide bonds. The van der Waals surface area contributed by atoms with Crippen molar-refractivity contribution < 1.29 is 4.79 Å². The van der Waals surface area contributed by atoms with Crippen LogP contribution in [0.4, 0.5) is 22.2 Å². The molecule has 1 aromatic heterocycles. The molecule has 0 atom stereocenters. The molecule has 8 nitrogen and oxygen atoms in total. The Balaban J connectivity index is 1.36. The zero-order chi connectivity index (χ0) is 21.1. The van der Waals surface area contributed by atoms with Gasteiger partial charge >= 0.3 is 6.03 Å². The monoisotopic (exact) mass is 429 g/mol. The number of carbonyl (C=O) groups excluding carboxylic acids is 1. The summed E-state index contributed by atoms with van der Waals surface area (Å²) in [4.78, 5) is 30.7. The van der Waals surface area contributed by atoms with E-state index in [1.165, 1.54) is 0 Å². The van der Waals surface area contributed by atoms with Gasteiger partial charge < -0.3 is 24.9 Å². The molecule has 1 aromatic carbocycles. The topological polar surface area (TPSA) is 67.8 Å². The zero-order valence-electron chi connectivity index (χ0n) is 17.5. The highest BCUT2D eigenvalue weighted by Crippen LogP contribution is 2.20. The fourth-order valence-corrected chi connectivity index (χ4v) is 3.85. The summed E-state index contributed by atoms with van der Waals surface area (Å²) in [7, 11) is 2.15. The highest BCUT2D eigenvalue weighted by Gasteiger charge is 2.24. The van der Waals surface area contributed by atoms with Crippen molar-refractivity contribution in [3.05, 3.63) is 41.0 Å². The second kappa shape index (κ2) is 9.06. The Kier molecular flexibility index (Phi) is 6.24. The minimum absolute atomic E-state index is 0.0970. The van der Waals surface area contributed by atoms with E-state index in [4.69, 9.17) is 16.6 Å². The van der Waals surface area contributed by atoms with Crippen molar-refractivity contribution in [2.75, 3.05) is 74.5 Å². The molecule has 9 heteroatoms. The van der Waals surface area contributed by atoms with E-state index < -0.39 is 0 Å². The van der Waals surface area contributed by atoms with Gasteiger partial charge in [0.05, 0.1) is 0 Å². The maximum atomic E-state index is 12.6. The number of aromatic nitrogens is 2. The predicted octanol–water partition coefficient (Wildman–Crippen LogP) is 2.54. The summed E-state index contributed by atoms with van der Waals surface area (Å²) in [6.45, 7) is 8.72. The first kappa shape index (κ1) is 20.7. The summed E-state index contributed by atoms with van der Waals surface area (Å²) in [6.07, 6.45) is 0. The summed E-state index contributed by atoms with van der Waals surface area (Å²) < 4.78 is 0. The van der Waals surface area contributed by atoms with Crippen molar-refractivity contribution in [3.63, 3.8) is 0 Å². The Bertz CT molecular complexity index is 875. The number of hydrogen-bond donors (Lipinski definition) is 1. The lowest BCUT2D eigenvalue weighted by atomic mass is 10.3. The SMILES string of the molecule is Cc1cc(N2CCN(C)CC2)nc(N2CCN(C(=O)Nc3ccc(Cl)cc3)CC2)n1. The Morgan fingerprint density at radius 1 is 0.933 bits per heavy atom. The number of carbonyl (C=O) groups is 1. The van der Waals surface area contributed by atoms with Crippen LogP contribution < -0.4 is 15.1 Å². The highest BCUT2D eigenvalue weighted by molar-refractivity contribution is 6.30. The van der Waals surface area contributed by atoms with Crippen LogP contribution in [0.3, 0.4) is 0 Å².